The van der Waals surface area contributed by atoms with Crippen LogP contribution < -0.4 is 5.32 Å². The van der Waals surface area contributed by atoms with Gasteiger partial charge in [0, 0.05) is 24.2 Å². The summed E-state index contributed by atoms with van der Waals surface area (Å²) in [7, 11) is 0. The molecule has 1 spiro atoms. The molecule has 0 atom stereocenters. The second kappa shape index (κ2) is 5.45. The molecular formula is C20H20N6O. The Kier molecular flexibility index (Phi) is 3.03. The van der Waals surface area contributed by atoms with E-state index in [1.807, 2.05) is 24.5 Å². The number of fused-ring (bicyclic) bond motifs is 6. The second-order valence-corrected chi connectivity index (χ2v) is 7.64. The maximum Gasteiger partial charge on any atom is 0.230 e. The molecular weight excluding hydrogens is 340 g/mol. The number of anilines is 2. The first-order valence-corrected chi connectivity index (χ1v) is 9.55. The zero-order valence-corrected chi connectivity index (χ0v) is 14.9. The number of aromatic nitrogens is 5. The van der Waals surface area contributed by atoms with Gasteiger partial charge in [0.1, 0.15) is 11.5 Å². The Morgan fingerprint density at radius 1 is 1.19 bits per heavy atom. The number of H-pyrrole nitrogens is 1. The first-order valence-electron chi connectivity index (χ1n) is 9.55. The van der Waals surface area contributed by atoms with Crippen molar-refractivity contribution in [2.45, 2.75) is 44.1 Å². The molecule has 0 unspecified atom stereocenters. The highest BCUT2D eigenvalue weighted by Gasteiger charge is 2.42. The Balaban J connectivity index is 1.56. The van der Waals surface area contributed by atoms with Gasteiger partial charge < -0.3 is 19.3 Å². The lowest BCUT2D eigenvalue weighted by Gasteiger charge is -2.42. The summed E-state index contributed by atoms with van der Waals surface area (Å²) in [6.07, 6.45) is 12.3. The summed E-state index contributed by atoms with van der Waals surface area (Å²) in [5.41, 5.74) is 3.16. The van der Waals surface area contributed by atoms with Crippen LogP contribution in [0.2, 0.25) is 0 Å². The van der Waals surface area contributed by atoms with Crippen molar-refractivity contribution in [1.29, 1.82) is 0 Å². The topological polar surface area (TPSA) is 84.6 Å². The number of oxazole rings is 1. The van der Waals surface area contributed by atoms with Gasteiger partial charge in [0.25, 0.3) is 0 Å². The van der Waals surface area contributed by atoms with Crippen LogP contribution in [0.15, 0.2) is 41.4 Å². The van der Waals surface area contributed by atoms with Crippen LogP contribution in [-0.4, -0.2) is 24.5 Å². The summed E-state index contributed by atoms with van der Waals surface area (Å²) in [6.45, 7) is 0. The van der Waals surface area contributed by atoms with Gasteiger partial charge in [-0.25, -0.2) is 9.97 Å². The van der Waals surface area contributed by atoms with Gasteiger partial charge in [-0.05, 0) is 31.0 Å². The number of aromatic amines is 1. The maximum absolute atomic E-state index is 5.76. The third-order valence-corrected chi connectivity index (χ3v) is 6.01. The van der Waals surface area contributed by atoms with Crippen molar-refractivity contribution in [3.63, 3.8) is 0 Å². The average molecular weight is 360 g/mol. The van der Waals surface area contributed by atoms with E-state index in [9.17, 15) is 0 Å². The number of hydrogen-bond acceptors (Lipinski definition) is 5. The fourth-order valence-corrected chi connectivity index (χ4v) is 4.83. The van der Waals surface area contributed by atoms with E-state index in [-0.39, 0.29) is 5.54 Å². The van der Waals surface area contributed by atoms with Crippen molar-refractivity contribution < 1.29 is 4.42 Å². The molecule has 7 nitrogen and oxygen atoms in total. The molecule has 0 radical (unpaired) electrons. The normalized spacial score (nSPS) is 17.8. The minimum absolute atomic E-state index is 0.0390. The lowest BCUT2D eigenvalue weighted by atomic mass is 9.76. The van der Waals surface area contributed by atoms with E-state index in [0.29, 0.717) is 5.95 Å². The Morgan fingerprint density at radius 3 is 2.96 bits per heavy atom. The highest BCUT2D eigenvalue weighted by molar-refractivity contribution is 5.85. The van der Waals surface area contributed by atoms with Gasteiger partial charge in [-0.1, -0.05) is 19.3 Å². The van der Waals surface area contributed by atoms with Crippen molar-refractivity contribution in [3.05, 3.63) is 42.7 Å². The van der Waals surface area contributed by atoms with Crippen LogP contribution in [0.25, 0.3) is 22.5 Å². The molecule has 1 fully saturated rings. The molecule has 0 bridgehead atoms. The summed E-state index contributed by atoms with van der Waals surface area (Å²) in [5, 5.41) is 4.29. The Labute approximate surface area is 155 Å². The highest BCUT2D eigenvalue weighted by atomic mass is 16.3. The summed E-state index contributed by atoms with van der Waals surface area (Å²) in [6, 6.07) is 6.06. The molecule has 136 valence electrons. The van der Waals surface area contributed by atoms with Crippen molar-refractivity contribution in [1.82, 2.24) is 24.5 Å². The third-order valence-electron chi connectivity index (χ3n) is 6.01. The minimum atomic E-state index is 0.0390. The van der Waals surface area contributed by atoms with E-state index in [0.717, 1.165) is 53.3 Å². The van der Waals surface area contributed by atoms with Crippen LogP contribution in [0.5, 0.6) is 0 Å². The van der Waals surface area contributed by atoms with Crippen molar-refractivity contribution in [2.24, 2.45) is 0 Å². The molecule has 4 aromatic heterocycles. The van der Waals surface area contributed by atoms with Gasteiger partial charge in [0.2, 0.25) is 5.95 Å². The number of rotatable bonds is 2. The van der Waals surface area contributed by atoms with Crippen LogP contribution in [0, 0.1) is 0 Å². The molecule has 1 aliphatic heterocycles. The molecule has 0 aromatic carbocycles. The van der Waals surface area contributed by atoms with Gasteiger partial charge in [0.15, 0.2) is 12.2 Å². The van der Waals surface area contributed by atoms with E-state index in [1.54, 1.807) is 6.39 Å². The predicted octanol–water partition coefficient (Wildman–Crippen LogP) is 4.37. The highest BCUT2D eigenvalue weighted by Crippen LogP contribution is 2.48. The summed E-state index contributed by atoms with van der Waals surface area (Å²) in [4.78, 5) is 17.0. The number of nitrogens with zero attached hydrogens (tertiary/aromatic N) is 4. The summed E-state index contributed by atoms with van der Waals surface area (Å²) in [5.74, 6) is 2.35. The van der Waals surface area contributed by atoms with Gasteiger partial charge >= 0.3 is 0 Å². The fraction of sp³-hybridized carbons (Fsp3) is 0.350. The van der Waals surface area contributed by atoms with Crippen LogP contribution >= 0.6 is 0 Å². The predicted molar refractivity (Wildman–Crippen MR) is 102 cm³/mol. The van der Waals surface area contributed by atoms with Crippen molar-refractivity contribution >= 4 is 22.8 Å². The zero-order valence-electron chi connectivity index (χ0n) is 14.9. The molecule has 0 saturated heterocycles. The molecule has 1 aliphatic carbocycles. The molecule has 0 amide bonds. The van der Waals surface area contributed by atoms with Gasteiger partial charge in [0.05, 0.1) is 16.9 Å². The monoisotopic (exact) mass is 360 g/mol. The maximum atomic E-state index is 5.76. The lowest BCUT2D eigenvalue weighted by molar-refractivity contribution is 0.192. The molecule has 7 heteroatoms. The van der Waals surface area contributed by atoms with Crippen molar-refractivity contribution in [2.75, 3.05) is 5.32 Å². The van der Waals surface area contributed by atoms with E-state index >= 15 is 0 Å². The molecule has 5 heterocycles. The third kappa shape index (κ3) is 2.17. The standard InChI is InChI=1S/C20H20N6O/c1-2-6-20(7-3-1)10-14-17(27-12-23-14)15-9-13-11-22-19(25-18(13)26(15)20)24-16-5-4-8-21-16/h4-5,8-9,11-12,21H,1-3,6-7,10H2,(H,22,24,25). The van der Waals surface area contributed by atoms with Gasteiger partial charge in [-0.15, -0.1) is 0 Å². The van der Waals surface area contributed by atoms with Crippen LogP contribution in [-0.2, 0) is 12.0 Å². The van der Waals surface area contributed by atoms with E-state index in [1.165, 1.54) is 19.3 Å². The van der Waals surface area contributed by atoms with E-state index < -0.39 is 0 Å². The Morgan fingerprint density at radius 2 is 2.11 bits per heavy atom. The first kappa shape index (κ1) is 15.0. The molecule has 4 aromatic rings. The van der Waals surface area contributed by atoms with Crippen LogP contribution in [0.4, 0.5) is 11.8 Å². The quantitative estimate of drug-likeness (QED) is 0.554. The lowest BCUT2D eigenvalue weighted by Crippen LogP contribution is -2.41. The largest absolute Gasteiger partial charge is 0.442 e. The summed E-state index contributed by atoms with van der Waals surface area (Å²) < 4.78 is 8.17. The molecule has 6 rings (SSSR count). The molecule has 1 saturated carbocycles. The molecule has 27 heavy (non-hydrogen) atoms. The van der Waals surface area contributed by atoms with E-state index in [4.69, 9.17) is 9.40 Å². The Bertz CT molecular complexity index is 1120. The van der Waals surface area contributed by atoms with Crippen LogP contribution in [0.3, 0.4) is 0 Å². The number of hydrogen-bond donors (Lipinski definition) is 2. The van der Waals surface area contributed by atoms with Crippen LogP contribution in [0.1, 0.15) is 37.8 Å². The van der Waals surface area contributed by atoms with Crippen molar-refractivity contribution in [3.8, 4) is 11.5 Å². The fourth-order valence-electron chi connectivity index (χ4n) is 4.83. The van der Waals surface area contributed by atoms with Gasteiger partial charge in [-0.2, -0.15) is 4.98 Å². The smallest absolute Gasteiger partial charge is 0.230 e. The minimum Gasteiger partial charge on any atom is -0.442 e. The SMILES string of the molecule is c1c[nH]c(Nc2ncc3cc4n(c3n2)C2(CCCCC2)Cc2ncoc2-4)c1. The zero-order chi connectivity index (χ0) is 17.8. The van der Waals surface area contributed by atoms with E-state index in [2.05, 4.69) is 30.9 Å². The number of nitrogens with one attached hydrogen (secondary N) is 2. The first-order chi connectivity index (χ1) is 13.3. The molecule has 2 N–H and O–H groups in total. The Hall–Kier alpha value is -3.09. The van der Waals surface area contributed by atoms with Gasteiger partial charge in [-0.3, -0.25) is 0 Å². The summed E-state index contributed by atoms with van der Waals surface area (Å²) >= 11 is 0. The second-order valence-electron chi connectivity index (χ2n) is 7.64. The molecule has 2 aliphatic rings. The average Bonchev–Trinajstić information content (AvgIpc) is 3.41.